The molecule has 1 aromatic rings. The second kappa shape index (κ2) is 4.13. The van der Waals surface area contributed by atoms with Gasteiger partial charge in [0.15, 0.2) is 0 Å². The zero-order chi connectivity index (χ0) is 9.31. The van der Waals surface area contributed by atoms with E-state index in [1.165, 1.54) is 12.8 Å². The van der Waals surface area contributed by atoms with E-state index in [4.69, 9.17) is 4.52 Å². The molecule has 0 aliphatic heterocycles. The molecule has 1 aliphatic carbocycles. The Balaban J connectivity index is 1.98. The Hall–Kier alpha value is 0.810. The fourth-order valence-corrected chi connectivity index (χ4v) is 3.40. The van der Waals surface area contributed by atoms with Crippen molar-refractivity contribution in [1.29, 1.82) is 0 Å². The normalized spacial score (nSPS) is 19.8. The van der Waals surface area contributed by atoms with Gasteiger partial charge in [-0.2, -0.15) is 5.10 Å². The highest BCUT2D eigenvalue weighted by Crippen LogP contribution is 2.47. The van der Waals surface area contributed by atoms with Crippen LogP contribution >= 0.6 is 44.4 Å². The van der Waals surface area contributed by atoms with Crippen molar-refractivity contribution in [1.82, 2.24) is 9.78 Å². The van der Waals surface area contributed by atoms with Crippen LogP contribution in [-0.4, -0.2) is 15.4 Å². The van der Waals surface area contributed by atoms with Crippen LogP contribution in [0.15, 0.2) is 16.9 Å². The van der Waals surface area contributed by atoms with Gasteiger partial charge in [-0.15, -0.1) is 0 Å². The molecule has 2 rings (SSSR count). The predicted molar refractivity (Wildman–Crippen MR) is 65.3 cm³/mol. The fourth-order valence-electron chi connectivity index (χ4n) is 1.23. The van der Waals surface area contributed by atoms with Crippen LogP contribution in [0.25, 0.3) is 0 Å². The molecule has 1 aromatic heterocycles. The first-order valence-electron chi connectivity index (χ1n) is 3.96. The first-order chi connectivity index (χ1) is 6.24. The molecule has 0 bridgehead atoms. The molecular formula is C7H9BrIN2OP. The van der Waals surface area contributed by atoms with Crippen LogP contribution in [-0.2, 0) is 11.1 Å². The quantitative estimate of drug-likeness (QED) is 0.598. The summed E-state index contributed by atoms with van der Waals surface area (Å²) < 4.78 is 8.66. The van der Waals surface area contributed by atoms with Crippen LogP contribution in [0.2, 0.25) is 0 Å². The van der Waals surface area contributed by atoms with Gasteiger partial charge in [-0.1, -0.05) is 0 Å². The smallest absolute Gasteiger partial charge is 0.0928 e. The number of nitrogens with zero attached hydrogens (tertiary/aromatic N) is 2. The maximum Gasteiger partial charge on any atom is 0.0928 e. The maximum atomic E-state index is 5.69. The Morgan fingerprint density at radius 3 is 3.00 bits per heavy atom. The second-order valence-corrected chi connectivity index (χ2v) is 5.81. The van der Waals surface area contributed by atoms with Crippen molar-refractivity contribution < 1.29 is 4.52 Å². The molecule has 0 saturated heterocycles. The lowest BCUT2D eigenvalue weighted by molar-refractivity contribution is 0.182. The van der Waals surface area contributed by atoms with Gasteiger partial charge in [-0.3, -0.25) is 4.68 Å². The third-order valence-electron chi connectivity index (χ3n) is 2.11. The van der Waals surface area contributed by atoms with E-state index in [1.54, 1.807) is 0 Å². The van der Waals surface area contributed by atoms with Crippen LogP contribution in [0, 0.1) is 0 Å². The molecular weight excluding hydrogens is 366 g/mol. The lowest BCUT2D eigenvalue weighted by Gasteiger charge is -2.13. The maximum absolute atomic E-state index is 5.69. The van der Waals surface area contributed by atoms with E-state index in [-0.39, 0.29) is 5.60 Å². The highest BCUT2D eigenvalue weighted by molar-refractivity contribution is 14.2. The Kier molecular flexibility index (Phi) is 3.28. The molecule has 0 amide bonds. The highest BCUT2D eigenvalue weighted by Gasteiger charge is 2.44. The lowest BCUT2D eigenvalue weighted by atomic mass is 10.3. The zero-order valence-corrected chi connectivity index (χ0v) is 11.6. The van der Waals surface area contributed by atoms with Crippen LogP contribution in [0.5, 0.6) is 0 Å². The van der Waals surface area contributed by atoms with Crippen molar-refractivity contribution in [2.24, 2.45) is 0 Å². The monoisotopic (exact) mass is 374 g/mol. The minimum atomic E-state index is 0.102. The summed E-state index contributed by atoms with van der Waals surface area (Å²) in [7, 11) is 0. The minimum Gasteiger partial charge on any atom is -0.343 e. The van der Waals surface area contributed by atoms with Gasteiger partial charge < -0.3 is 4.52 Å². The summed E-state index contributed by atoms with van der Waals surface area (Å²) in [6.07, 6.45) is 6.13. The van der Waals surface area contributed by atoms with Gasteiger partial charge in [0.2, 0.25) is 0 Å². The molecule has 0 radical (unpaired) electrons. The predicted octanol–water partition coefficient (Wildman–Crippen LogP) is 3.14. The third kappa shape index (κ3) is 2.64. The average Bonchev–Trinajstić information content (AvgIpc) is 2.70. The summed E-state index contributed by atoms with van der Waals surface area (Å²) in [4.78, 5) is 0. The van der Waals surface area contributed by atoms with Crippen LogP contribution in [0.3, 0.4) is 0 Å². The topological polar surface area (TPSA) is 27.1 Å². The Morgan fingerprint density at radius 2 is 2.54 bits per heavy atom. The molecule has 1 atom stereocenters. The molecule has 0 N–H and O–H groups in total. The van der Waals surface area contributed by atoms with E-state index < -0.39 is 0 Å². The fraction of sp³-hybridized carbons (Fsp3) is 0.571. The van der Waals surface area contributed by atoms with Gasteiger partial charge in [-0.25, -0.2) is 0 Å². The SMILES string of the molecule is Brc1cnn(CC2(OPI)CC2)c1. The second-order valence-electron chi connectivity index (χ2n) is 3.22. The van der Waals surface area contributed by atoms with Crippen molar-refractivity contribution in [3.63, 3.8) is 0 Å². The third-order valence-corrected chi connectivity index (χ3v) is 3.69. The number of aromatic nitrogens is 2. The van der Waals surface area contributed by atoms with Crippen molar-refractivity contribution in [2.45, 2.75) is 25.0 Å². The summed E-state index contributed by atoms with van der Waals surface area (Å²) in [5, 5.41) is 4.21. The van der Waals surface area contributed by atoms with Crippen molar-refractivity contribution >= 4 is 44.4 Å². The van der Waals surface area contributed by atoms with Crippen LogP contribution in [0.4, 0.5) is 0 Å². The average molecular weight is 375 g/mol. The number of hydrogen-bond donors (Lipinski definition) is 0. The summed E-state index contributed by atoms with van der Waals surface area (Å²) >= 11 is 5.64. The van der Waals surface area contributed by atoms with E-state index in [2.05, 4.69) is 43.1 Å². The summed E-state index contributed by atoms with van der Waals surface area (Å²) in [6, 6.07) is 0. The number of hydrogen-bond acceptors (Lipinski definition) is 2. The van der Waals surface area contributed by atoms with Gasteiger partial charge in [0.05, 0.1) is 29.3 Å². The molecule has 13 heavy (non-hydrogen) atoms. The van der Waals surface area contributed by atoms with Crippen LogP contribution < -0.4 is 0 Å². The standard InChI is InChI=1S/C7H9BrIN2OP/c8-6-3-10-11(4-6)5-7(1-2-7)12-13-9/h3-4,13H,1-2,5H2. The number of rotatable bonds is 4. The molecule has 1 heterocycles. The summed E-state index contributed by atoms with van der Waals surface area (Å²) in [6.45, 7) is 1.43. The lowest BCUT2D eigenvalue weighted by Crippen LogP contribution is -2.18. The first-order valence-corrected chi connectivity index (χ1v) is 8.77. The molecule has 1 fully saturated rings. The van der Waals surface area contributed by atoms with E-state index in [9.17, 15) is 0 Å². The largest absolute Gasteiger partial charge is 0.343 e. The Labute approximate surface area is 100 Å². The molecule has 6 heteroatoms. The number of halogens is 2. The molecule has 1 unspecified atom stereocenters. The van der Waals surface area contributed by atoms with E-state index >= 15 is 0 Å². The van der Waals surface area contributed by atoms with E-state index in [0.717, 1.165) is 11.0 Å². The van der Waals surface area contributed by atoms with Gasteiger partial charge in [-0.05, 0) is 50.8 Å². The summed E-state index contributed by atoms with van der Waals surface area (Å²) in [5.41, 5.74) is 0.102. The van der Waals surface area contributed by atoms with Crippen molar-refractivity contribution in [3.8, 4) is 0 Å². The molecule has 0 aromatic carbocycles. The van der Waals surface area contributed by atoms with Crippen molar-refractivity contribution in [3.05, 3.63) is 16.9 Å². The molecule has 72 valence electrons. The molecule has 0 spiro atoms. The van der Waals surface area contributed by atoms with Crippen LogP contribution in [0.1, 0.15) is 12.8 Å². The van der Waals surface area contributed by atoms with E-state index in [1.807, 2.05) is 17.1 Å². The van der Waals surface area contributed by atoms with Gasteiger partial charge in [0, 0.05) is 6.20 Å². The Bertz CT molecular complexity index is 302. The Morgan fingerprint density at radius 1 is 1.77 bits per heavy atom. The summed E-state index contributed by atoms with van der Waals surface area (Å²) in [5.74, 6) is 0. The molecule has 1 saturated carbocycles. The molecule has 3 nitrogen and oxygen atoms in total. The van der Waals surface area contributed by atoms with E-state index in [0.29, 0.717) is 6.45 Å². The van der Waals surface area contributed by atoms with Gasteiger partial charge in [0.25, 0.3) is 0 Å². The minimum absolute atomic E-state index is 0.102. The van der Waals surface area contributed by atoms with Crippen molar-refractivity contribution in [2.75, 3.05) is 0 Å². The molecule has 1 aliphatic rings. The first kappa shape index (κ1) is 10.3. The highest BCUT2D eigenvalue weighted by atomic mass is 127. The van der Waals surface area contributed by atoms with Gasteiger partial charge >= 0.3 is 0 Å². The van der Waals surface area contributed by atoms with Gasteiger partial charge in [0.1, 0.15) is 0 Å². The zero-order valence-electron chi connectivity index (χ0n) is 6.83.